The normalized spacial score (nSPS) is 25.7. The first-order valence-corrected chi connectivity index (χ1v) is 8.70. The lowest BCUT2D eigenvalue weighted by Crippen LogP contribution is -2.51. The molecule has 0 bridgehead atoms. The number of hydrogen-bond donors (Lipinski definition) is 1. The number of hydrogen-bond acceptors (Lipinski definition) is 5. The van der Waals surface area contributed by atoms with E-state index >= 15 is 0 Å². The van der Waals surface area contributed by atoms with E-state index in [0.717, 1.165) is 51.0 Å². The van der Waals surface area contributed by atoms with Crippen LogP contribution in [-0.4, -0.2) is 53.7 Å². The van der Waals surface area contributed by atoms with E-state index in [1.807, 2.05) is 24.1 Å². The Labute approximate surface area is 162 Å². The molecule has 2 heterocycles. The summed E-state index contributed by atoms with van der Waals surface area (Å²) in [4.78, 5) is 17.1. The van der Waals surface area contributed by atoms with Gasteiger partial charge < -0.3 is 15.5 Å². The van der Waals surface area contributed by atoms with Crippen molar-refractivity contribution in [2.75, 3.05) is 31.6 Å². The van der Waals surface area contributed by atoms with Crippen LogP contribution in [-0.2, 0) is 4.79 Å². The summed E-state index contributed by atoms with van der Waals surface area (Å²) in [7, 11) is 1.96. The summed E-state index contributed by atoms with van der Waals surface area (Å²) in [5.74, 6) is 1.67. The topological polar surface area (TPSA) is 75.3 Å². The van der Waals surface area contributed by atoms with Crippen molar-refractivity contribution < 1.29 is 4.79 Å². The van der Waals surface area contributed by atoms with Crippen molar-refractivity contribution in [2.45, 2.75) is 38.1 Å². The van der Waals surface area contributed by atoms with Gasteiger partial charge in [-0.1, -0.05) is 6.42 Å². The lowest BCUT2D eigenvalue weighted by molar-refractivity contribution is -0.137. The van der Waals surface area contributed by atoms with Crippen molar-refractivity contribution in [1.29, 1.82) is 0 Å². The van der Waals surface area contributed by atoms with Crippen molar-refractivity contribution in [3.8, 4) is 0 Å². The Morgan fingerprint density at radius 3 is 2.80 bits per heavy atom. The fourth-order valence-corrected chi connectivity index (χ4v) is 4.03. The highest BCUT2D eigenvalue weighted by Crippen LogP contribution is 2.33. The standard InChI is InChI=1S/C17H27N5O.2ClH/c1-21(17(23)15-7-2-5-13(15)11-18)14-6-4-10-22(12-14)16-8-3-9-19-20-16;;/h3,8-9,13-15H,2,4-7,10-12,18H2,1H3;2*1H/t13-,14?,15-;;/m1../s1. The van der Waals surface area contributed by atoms with Crippen molar-refractivity contribution in [3.63, 3.8) is 0 Å². The van der Waals surface area contributed by atoms with Crippen LogP contribution in [0, 0.1) is 11.8 Å². The lowest BCUT2D eigenvalue weighted by atomic mass is 9.93. The number of amides is 1. The molecule has 1 aromatic rings. The number of piperidine rings is 1. The van der Waals surface area contributed by atoms with Gasteiger partial charge in [0.25, 0.3) is 0 Å². The van der Waals surface area contributed by atoms with Crippen LogP contribution in [0.25, 0.3) is 0 Å². The van der Waals surface area contributed by atoms with Crippen LogP contribution in [0.1, 0.15) is 32.1 Å². The summed E-state index contributed by atoms with van der Waals surface area (Å²) in [6, 6.07) is 4.14. The van der Waals surface area contributed by atoms with Crippen molar-refractivity contribution in [2.24, 2.45) is 17.6 Å². The molecule has 1 aliphatic heterocycles. The highest BCUT2D eigenvalue weighted by molar-refractivity contribution is 5.85. The molecule has 2 N–H and O–H groups in total. The van der Waals surface area contributed by atoms with Gasteiger partial charge in [0.2, 0.25) is 5.91 Å². The molecular weight excluding hydrogens is 361 g/mol. The van der Waals surface area contributed by atoms with Gasteiger partial charge in [-0.25, -0.2) is 0 Å². The number of carbonyl (C=O) groups excluding carboxylic acids is 1. The third kappa shape index (κ3) is 4.96. The van der Waals surface area contributed by atoms with Crippen molar-refractivity contribution in [3.05, 3.63) is 18.3 Å². The first-order valence-electron chi connectivity index (χ1n) is 8.70. The fraction of sp³-hybridized carbons (Fsp3) is 0.706. The molecule has 1 aromatic heterocycles. The van der Waals surface area contributed by atoms with Gasteiger partial charge in [0.1, 0.15) is 0 Å². The Morgan fingerprint density at radius 2 is 2.12 bits per heavy atom. The minimum Gasteiger partial charge on any atom is -0.353 e. The Morgan fingerprint density at radius 1 is 1.32 bits per heavy atom. The maximum Gasteiger partial charge on any atom is 0.226 e. The molecular formula is C17H29Cl2N5O. The number of carbonyl (C=O) groups is 1. The van der Waals surface area contributed by atoms with E-state index in [9.17, 15) is 4.79 Å². The Bertz CT molecular complexity index is 533. The molecule has 0 radical (unpaired) electrons. The Kier molecular flexibility index (Phi) is 8.89. The zero-order valence-corrected chi connectivity index (χ0v) is 16.3. The Hall–Kier alpha value is -1.11. The van der Waals surface area contributed by atoms with E-state index in [4.69, 9.17) is 5.73 Å². The van der Waals surface area contributed by atoms with E-state index < -0.39 is 0 Å². The molecule has 1 unspecified atom stereocenters. The first kappa shape index (κ1) is 21.9. The minimum absolute atomic E-state index is 0. The fourth-order valence-electron chi connectivity index (χ4n) is 4.03. The quantitative estimate of drug-likeness (QED) is 0.853. The summed E-state index contributed by atoms with van der Waals surface area (Å²) in [5, 5.41) is 8.16. The largest absolute Gasteiger partial charge is 0.353 e. The molecule has 6 nitrogen and oxygen atoms in total. The SMILES string of the molecule is CN(C(=O)[C@@H]1CCC[C@@H]1CN)C1CCCN(c2cccnn2)C1.Cl.Cl. The lowest BCUT2D eigenvalue weighted by Gasteiger charge is -2.39. The van der Waals surface area contributed by atoms with E-state index in [1.54, 1.807) is 6.20 Å². The van der Waals surface area contributed by atoms with Crippen molar-refractivity contribution in [1.82, 2.24) is 15.1 Å². The van der Waals surface area contributed by atoms with Gasteiger partial charge in [-0.15, -0.1) is 29.9 Å². The van der Waals surface area contributed by atoms with E-state index in [-0.39, 0.29) is 42.7 Å². The van der Waals surface area contributed by atoms with Gasteiger partial charge in [-0.2, -0.15) is 5.10 Å². The first-order chi connectivity index (χ1) is 11.2. The Balaban J connectivity index is 0.00000156. The van der Waals surface area contributed by atoms with Crippen LogP contribution in [0.5, 0.6) is 0 Å². The van der Waals surface area contributed by atoms with E-state index in [2.05, 4.69) is 15.1 Å². The number of aromatic nitrogens is 2. The number of anilines is 1. The average Bonchev–Trinajstić information content (AvgIpc) is 3.10. The third-order valence-electron chi connectivity index (χ3n) is 5.45. The number of nitrogens with two attached hydrogens (primary N) is 1. The van der Waals surface area contributed by atoms with Gasteiger partial charge in [0, 0.05) is 38.3 Å². The van der Waals surface area contributed by atoms with Crippen LogP contribution >= 0.6 is 24.8 Å². The third-order valence-corrected chi connectivity index (χ3v) is 5.45. The highest BCUT2D eigenvalue weighted by atomic mass is 35.5. The van der Waals surface area contributed by atoms with Gasteiger partial charge in [0.05, 0.1) is 0 Å². The molecule has 1 amide bonds. The predicted octanol–water partition coefficient (Wildman–Crippen LogP) is 2.12. The predicted molar refractivity (Wildman–Crippen MR) is 104 cm³/mol. The van der Waals surface area contributed by atoms with Crippen LogP contribution < -0.4 is 10.6 Å². The molecule has 142 valence electrons. The van der Waals surface area contributed by atoms with Crippen LogP contribution in [0.2, 0.25) is 0 Å². The molecule has 3 atom stereocenters. The minimum atomic E-state index is 0. The van der Waals surface area contributed by atoms with Crippen LogP contribution in [0.4, 0.5) is 5.82 Å². The van der Waals surface area contributed by atoms with Gasteiger partial charge in [-0.3, -0.25) is 4.79 Å². The maximum atomic E-state index is 12.9. The molecule has 25 heavy (non-hydrogen) atoms. The molecule has 1 saturated carbocycles. The molecule has 3 rings (SSSR count). The molecule has 0 aromatic carbocycles. The van der Waals surface area contributed by atoms with E-state index in [0.29, 0.717) is 12.5 Å². The van der Waals surface area contributed by atoms with Crippen molar-refractivity contribution >= 4 is 36.5 Å². The molecule has 2 fully saturated rings. The smallest absolute Gasteiger partial charge is 0.226 e. The van der Waals surface area contributed by atoms with Gasteiger partial charge >= 0.3 is 0 Å². The molecule has 1 aliphatic carbocycles. The highest BCUT2D eigenvalue weighted by Gasteiger charge is 2.36. The zero-order valence-electron chi connectivity index (χ0n) is 14.7. The molecule has 0 spiro atoms. The summed E-state index contributed by atoms with van der Waals surface area (Å²) in [5.41, 5.74) is 5.84. The number of nitrogens with zero attached hydrogens (tertiary/aromatic N) is 4. The maximum absolute atomic E-state index is 12.9. The monoisotopic (exact) mass is 389 g/mol. The molecule has 1 saturated heterocycles. The van der Waals surface area contributed by atoms with Crippen LogP contribution in [0.3, 0.4) is 0 Å². The zero-order chi connectivity index (χ0) is 16.2. The summed E-state index contributed by atoms with van der Waals surface area (Å²) in [6.07, 6.45) is 7.03. The van der Waals surface area contributed by atoms with Gasteiger partial charge in [0.15, 0.2) is 5.82 Å². The summed E-state index contributed by atoms with van der Waals surface area (Å²) >= 11 is 0. The second kappa shape index (κ2) is 10.1. The van der Waals surface area contributed by atoms with Crippen LogP contribution in [0.15, 0.2) is 18.3 Å². The van der Waals surface area contributed by atoms with E-state index in [1.165, 1.54) is 0 Å². The number of likely N-dealkylation sites (N-methyl/N-ethyl adjacent to an activating group) is 1. The van der Waals surface area contributed by atoms with Gasteiger partial charge in [-0.05, 0) is 50.3 Å². The molecule has 2 aliphatic rings. The number of rotatable bonds is 4. The second-order valence-corrected chi connectivity index (χ2v) is 6.81. The number of halogens is 2. The molecule has 8 heteroatoms. The summed E-state index contributed by atoms with van der Waals surface area (Å²) in [6.45, 7) is 2.44. The average molecular weight is 390 g/mol. The second-order valence-electron chi connectivity index (χ2n) is 6.81. The summed E-state index contributed by atoms with van der Waals surface area (Å²) < 4.78 is 0.